The van der Waals surface area contributed by atoms with E-state index in [1.165, 1.54) is 0 Å². The molecule has 156 valence electrons. The molecule has 0 aliphatic rings. The van der Waals surface area contributed by atoms with Gasteiger partial charge < -0.3 is 24.8 Å². The van der Waals surface area contributed by atoms with Gasteiger partial charge in [0.25, 0.3) is 0 Å². The molecule has 0 aliphatic carbocycles. The van der Waals surface area contributed by atoms with Crippen molar-refractivity contribution in [3.05, 3.63) is 47.0 Å². The molecule has 0 aromatic heterocycles. The van der Waals surface area contributed by atoms with Gasteiger partial charge in [-0.15, -0.1) is 0 Å². The summed E-state index contributed by atoms with van der Waals surface area (Å²) in [6, 6.07) is 9.00. The summed E-state index contributed by atoms with van der Waals surface area (Å²) < 4.78 is 16.2. The van der Waals surface area contributed by atoms with E-state index in [-0.39, 0.29) is 11.7 Å². The van der Waals surface area contributed by atoms with Crippen LogP contribution in [0.1, 0.15) is 29.8 Å². The molecule has 6 nitrogen and oxygen atoms in total. The third-order valence-corrected chi connectivity index (χ3v) is 4.67. The van der Waals surface area contributed by atoms with Gasteiger partial charge in [-0.05, 0) is 47.9 Å². The zero-order valence-electron chi connectivity index (χ0n) is 18.2. The number of hydrogen-bond acceptors (Lipinski definition) is 6. The Morgan fingerprint density at radius 1 is 1.00 bits per heavy atom. The fraction of sp³-hybridized carbons (Fsp3) is 0.348. The van der Waals surface area contributed by atoms with Crippen molar-refractivity contribution in [3.63, 3.8) is 0 Å². The zero-order chi connectivity index (χ0) is 21.7. The smallest absolute Gasteiger partial charge is 0.203 e. The van der Waals surface area contributed by atoms with Crippen molar-refractivity contribution >= 4 is 23.2 Å². The number of ketones is 1. The first-order valence-electron chi connectivity index (χ1n) is 9.36. The second-order valence-electron chi connectivity index (χ2n) is 7.21. The normalized spacial score (nSPS) is 11.4. The molecule has 0 aliphatic heterocycles. The van der Waals surface area contributed by atoms with Crippen molar-refractivity contribution in [1.82, 2.24) is 0 Å². The molecule has 0 fully saturated rings. The molecule has 0 amide bonds. The molecular formula is C23H30N2O4. The number of benzene rings is 2. The molecule has 6 heteroatoms. The fourth-order valence-electron chi connectivity index (χ4n) is 3.10. The molecular weight excluding hydrogens is 368 g/mol. The lowest BCUT2D eigenvalue weighted by Gasteiger charge is -2.18. The highest BCUT2D eigenvalue weighted by molar-refractivity contribution is 6.12. The van der Waals surface area contributed by atoms with Crippen LogP contribution in [0.15, 0.2) is 35.9 Å². The monoisotopic (exact) mass is 398 g/mol. The van der Waals surface area contributed by atoms with Crippen molar-refractivity contribution < 1.29 is 19.0 Å². The van der Waals surface area contributed by atoms with E-state index >= 15 is 0 Å². The molecule has 0 atom stereocenters. The maximum atomic E-state index is 13.3. The Bertz CT molecular complexity index is 892. The van der Waals surface area contributed by atoms with E-state index in [1.54, 1.807) is 33.5 Å². The quantitative estimate of drug-likeness (QED) is 0.406. The Kier molecular flexibility index (Phi) is 7.15. The van der Waals surface area contributed by atoms with Gasteiger partial charge >= 0.3 is 0 Å². The lowest BCUT2D eigenvalue weighted by Crippen LogP contribution is -2.14. The van der Waals surface area contributed by atoms with Crippen LogP contribution in [0.4, 0.5) is 11.4 Å². The van der Waals surface area contributed by atoms with E-state index in [0.717, 1.165) is 11.3 Å². The molecule has 2 rings (SSSR count). The minimum atomic E-state index is -0.0446. The van der Waals surface area contributed by atoms with Gasteiger partial charge in [-0.2, -0.15) is 0 Å². The number of allylic oxidation sites excluding steroid dienone is 1. The largest absolute Gasteiger partial charge is 0.493 e. The van der Waals surface area contributed by atoms with Gasteiger partial charge in [0.1, 0.15) is 0 Å². The number of hydrogen-bond donors (Lipinski definition) is 1. The molecule has 2 aromatic rings. The topological polar surface area (TPSA) is 74.0 Å². The van der Waals surface area contributed by atoms with Gasteiger partial charge in [0.2, 0.25) is 5.75 Å². The standard InChI is InChI=1S/C23H30N2O4/c1-14(2)17(22(26)16-8-9-18(24)19(13-16)25(3)4)10-15-11-20(27-5)23(29-7)21(12-15)28-6/h8-14H,24H2,1-7H3/b17-10+. The summed E-state index contributed by atoms with van der Waals surface area (Å²) in [4.78, 5) is 15.2. The Labute approximate surface area is 172 Å². The van der Waals surface area contributed by atoms with E-state index < -0.39 is 0 Å². The third-order valence-electron chi connectivity index (χ3n) is 4.67. The Morgan fingerprint density at radius 3 is 2.03 bits per heavy atom. The number of nitrogens with two attached hydrogens (primary N) is 1. The minimum absolute atomic E-state index is 0.0157. The highest BCUT2D eigenvalue weighted by Crippen LogP contribution is 2.39. The molecule has 0 radical (unpaired) electrons. The van der Waals surface area contributed by atoms with Crippen molar-refractivity contribution in [1.29, 1.82) is 0 Å². The van der Waals surface area contributed by atoms with Gasteiger partial charge in [0.15, 0.2) is 17.3 Å². The number of carbonyl (C=O) groups is 1. The number of anilines is 2. The zero-order valence-corrected chi connectivity index (χ0v) is 18.2. The Morgan fingerprint density at radius 2 is 1.59 bits per heavy atom. The Balaban J connectivity index is 2.56. The predicted octanol–water partition coefficient (Wildman–Crippen LogP) is 4.28. The number of rotatable bonds is 8. The molecule has 0 unspecified atom stereocenters. The lowest BCUT2D eigenvalue weighted by molar-refractivity contribution is 0.102. The number of ether oxygens (including phenoxy) is 3. The van der Waals surface area contributed by atoms with Crippen LogP contribution in [0.3, 0.4) is 0 Å². The number of nitrogens with zero attached hydrogens (tertiary/aromatic N) is 1. The van der Waals surface area contributed by atoms with Crippen LogP contribution in [0.5, 0.6) is 17.2 Å². The first kappa shape index (κ1) is 22.1. The number of carbonyl (C=O) groups excluding carboxylic acids is 1. The van der Waals surface area contributed by atoms with Crippen molar-refractivity contribution in [3.8, 4) is 17.2 Å². The van der Waals surface area contributed by atoms with Crippen LogP contribution in [0, 0.1) is 5.92 Å². The van der Waals surface area contributed by atoms with Gasteiger partial charge in [-0.1, -0.05) is 13.8 Å². The van der Waals surface area contributed by atoms with E-state index in [0.29, 0.717) is 34.1 Å². The fourth-order valence-corrected chi connectivity index (χ4v) is 3.10. The van der Waals surface area contributed by atoms with Crippen molar-refractivity contribution in [2.45, 2.75) is 13.8 Å². The van der Waals surface area contributed by atoms with Crippen LogP contribution in [0.25, 0.3) is 6.08 Å². The summed E-state index contributed by atoms with van der Waals surface area (Å²) in [6.07, 6.45) is 1.86. The summed E-state index contributed by atoms with van der Waals surface area (Å²) in [5.74, 6) is 1.56. The average molecular weight is 399 g/mol. The van der Waals surface area contributed by atoms with Crippen molar-refractivity contribution in [2.24, 2.45) is 5.92 Å². The van der Waals surface area contributed by atoms with E-state index in [1.807, 2.05) is 57.1 Å². The summed E-state index contributed by atoms with van der Waals surface area (Å²) in [6.45, 7) is 3.98. The maximum Gasteiger partial charge on any atom is 0.203 e. The predicted molar refractivity (Wildman–Crippen MR) is 118 cm³/mol. The van der Waals surface area contributed by atoms with Crippen molar-refractivity contribution in [2.75, 3.05) is 46.1 Å². The Hall–Kier alpha value is -3.15. The second-order valence-corrected chi connectivity index (χ2v) is 7.21. The molecule has 2 N–H and O–H groups in total. The van der Waals surface area contributed by atoms with Crippen LogP contribution < -0.4 is 24.8 Å². The van der Waals surface area contributed by atoms with Crippen LogP contribution in [0.2, 0.25) is 0 Å². The molecule has 0 spiro atoms. The minimum Gasteiger partial charge on any atom is -0.493 e. The molecule has 29 heavy (non-hydrogen) atoms. The van der Waals surface area contributed by atoms with Crippen LogP contribution in [-0.2, 0) is 0 Å². The van der Waals surface area contributed by atoms with E-state index in [2.05, 4.69) is 0 Å². The molecule has 0 saturated carbocycles. The molecule has 0 heterocycles. The van der Waals surface area contributed by atoms with Gasteiger partial charge in [-0.25, -0.2) is 0 Å². The van der Waals surface area contributed by atoms with Crippen LogP contribution in [-0.4, -0.2) is 41.2 Å². The third kappa shape index (κ3) is 4.83. The summed E-state index contributed by atoms with van der Waals surface area (Å²) >= 11 is 0. The van der Waals surface area contributed by atoms with Crippen LogP contribution >= 0.6 is 0 Å². The lowest BCUT2D eigenvalue weighted by atomic mass is 9.92. The molecule has 0 saturated heterocycles. The molecule has 0 bridgehead atoms. The number of methoxy groups -OCH3 is 3. The number of nitrogen functional groups attached to an aromatic ring is 1. The van der Waals surface area contributed by atoms with Gasteiger partial charge in [0, 0.05) is 25.2 Å². The van der Waals surface area contributed by atoms with Gasteiger partial charge in [0.05, 0.1) is 32.7 Å². The van der Waals surface area contributed by atoms with Gasteiger partial charge in [-0.3, -0.25) is 4.79 Å². The summed E-state index contributed by atoms with van der Waals surface area (Å²) in [5.41, 5.74) is 9.54. The maximum absolute atomic E-state index is 13.3. The highest BCUT2D eigenvalue weighted by Gasteiger charge is 2.19. The van der Waals surface area contributed by atoms with E-state index in [9.17, 15) is 4.79 Å². The second kappa shape index (κ2) is 9.37. The number of Topliss-reactive ketones (excluding diaryl/α,β-unsaturated/α-hetero) is 1. The summed E-state index contributed by atoms with van der Waals surface area (Å²) in [5, 5.41) is 0. The first-order chi connectivity index (χ1) is 13.7. The first-order valence-corrected chi connectivity index (χ1v) is 9.36. The average Bonchev–Trinajstić information content (AvgIpc) is 2.70. The molecule has 2 aromatic carbocycles. The SMILES string of the molecule is COc1cc(/C=C(/C(=O)c2ccc(N)c(N(C)C)c2)C(C)C)cc(OC)c1OC. The van der Waals surface area contributed by atoms with E-state index in [4.69, 9.17) is 19.9 Å². The summed E-state index contributed by atoms with van der Waals surface area (Å²) in [7, 11) is 8.49. The highest BCUT2D eigenvalue weighted by atomic mass is 16.5.